The van der Waals surface area contributed by atoms with Crippen LogP contribution < -0.4 is 10.1 Å². The van der Waals surface area contributed by atoms with Crippen LogP contribution in [-0.4, -0.2) is 26.1 Å². The number of aryl methyl sites for hydroxylation is 1. The van der Waals surface area contributed by atoms with E-state index in [2.05, 4.69) is 58.6 Å². The van der Waals surface area contributed by atoms with E-state index in [4.69, 9.17) is 9.72 Å². The Morgan fingerprint density at radius 2 is 1.72 bits per heavy atom. The van der Waals surface area contributed by atoms with E-state index in [-0.39, 0.29) is 11.8 Å². The number of carbonyl (C=O) groups excluding carboxylic acids is 1. The summed E-state index contributed by atoms with van der Waals surface area (Å²) in [6.45, 7) is 10.2. The maximum Gasteiger partial charge on any atom is 0.232 e. The fourth-order valence-corrected chi connectivity index (χ4v) is 5.14. The summed E-state index contributed by atoms with van der Waals surface area (Å²) in [6.07, 6.45) is 1.04. The first-order valence-corrected chi connectivity index (χ1v) is 12.9. The normalized spacial score (nSPS) is 14.7. The number of nitrogens with one attached hydrogen (secondary N) is 1. The number of carbonyl (C=O) groups is 1. The van der Waals surface area contributed by atoms with Gasteiger partial charge in [-0.3, -0.25) is 4.79 Å². The largest absolute Gasteiger partial charge is 0.420 e. The average molecular weight is 500 g/mol. The number of hydrogen-bond donors (Lipinski definition) is 1. The monoisotopic (exact) mass is 499 g/mol. The Morgan fingerprint density at radius 3 is 2.39 bits per heavy atom. The Morgan fingerprint density at radius 1 is 1.03 bits per heavy atom. The minimum Gasteiger partial charge on any atom is -0.420 e. The van der Waals surface area contributed by atoms with Gasteiger partial charge in [-0.1, -0.05) is 75.4 Å². The lowest BCUT2D eigenvalue weighted by Crippen LogP contribution is -2.38. The fourth-order valence-electron chi connectivity index (χ4n) is 4.69. The highest BCUT2D eigenvalue weighted by Gasteiger charge is 2.45. The van der Waals surface area contributed by atoms with E-state index in [0.717, 1.165) is 34.5 Å². The van der Waals surface area contributed by atoms with Crippen molar-refractivity contribution in [2.45, 2.75) is 47.0 Å². The van der Waals surface area contributed by atoms with E-state index in [1.807, 2.05) is 45.0 Å². The van der Waals surface area contributed by atoms with Crippen molar-refractivity contribution >= 4 is 22.4 Å². The van der Waals surface area contributed by atoms with Crippen LogP contribution in [0.1, 0.15) is 56.0 Å². The molecule has 0 radical (unpaired) electrons. The lowest BCUT2D eigenvalue weighted by molar-refractivity contribution is -0.124. The lowest BCUT2D eigenvalue weighted by atomic mass is 9.70. The maximum absolute atomic E-state index is 13.5. The van der Waals surface area contributed by atoms with Gasteiger partial charge >= 0.3 is 0 Å². The molecule has 1 aliphatic rings. The first-order valence-electron chi connectivity index (χ1n) is 12.1. The molecule has 4 aromatic rings. The zero-order valence-corrected chi connectivity index (χ0v) is 21.9. The van der Waals surface area contributed by atoms with Crippen molar-refractivity contribution in [1.29, 1.82) is 0 Å². The number of benzene rings is 1. The molecule has 36 heavy (non-hydrogen) atoms. The Hall–Kier alpha value is -3.65. The molecular formula is C28H29N5O2S. The number of aromatic nitrogens is 4. The third-order valence-corrected chi connectivity index (χ3v) is 7.12. The van der Waals surface area contributed by atoms with Gasteiger partial charge in [-0.2, -0.15) is 0 Å². The van der Waals surface area contributed by atoms with Crippen molar-refractivity contribution in [2.24, 2.45) is 11.3 Å². The van der Waals surface area contributed by atoms with E-state index in [9.17, 15) is 4.79 Å². The second-order valence-electron chi connectivity index (χ2n) is 10.2. The molecule has 4 heterocycles. The number of nitrogens with zero attached hydrogens (tertiary/aromatic N) is 4. The Kier molecular flexibility index (Phi) is 6.30. The highest BCUT2D eigenvalue weighted by molar-refractivity contribution is 7.13. The van der Waals surface area contributed by atoms with E-state index in [1.54, 1.807) is 5.51 Å². The van der Waals surface area contributed by atoms with Gasteiger partial charge in [-0.15, -0.1) is 10.2 Å². The minimum atomic E-state index is -0.850. The fraction of sp³-hybridized carbons (Fsp3) is 0.321. The second kappa shape index (κ2) is 9.43. The third kappa shape index (κ3) is 4.60. The number of rotatable bonds is 6. The van der Waals surface area contributed by atoms with Crippen LogP contribution in [-0.2, 0) is 11.2 Å². The predicted octanol–water partition coefficient (Wildman–Crippen LogP) is 6.40. The van der Waals surface area contributed by atoms with Gasteiger partial charge in [-0.25, -0.2) is 9.97 Å². The zero-order valence-electron chi connectivity index (χ0n) is 21.1. The zero-order chi connectivity index (χ0) is 25.4. The molecule has 0 saturated carbocycles. The van der Waals surface area contributed by atoms with Crippen LogP contribution in [0.5, 0.6) is 11.8 Å². The molecule has 1 N–H and O–H groups in total. The van der Waals surface area contributed by atoms with Crippen molar-refractivity contribution in [3.63, 3.8) is 0 Å². The smallest absolute Gasteiger partial charge is 0.232 e. The predicted molar refractivity (Wildman–Crippen MR) is 141 cm³/mol. The first-order chi connectivity index (χ1) is 17.2. The van der Waals surface area contributed by atoms with Crippen LogP contribution in [0.2, 0.25) is 0 Å². The summed E-state index contributed by atoms with van der Waals surface area (Å²) in [7, 11) is 0. The van der Waals surface area contributed by atoms with Crippen LogP contribution in [0, 0.1) is 18.3 Å². The van der Waals surface area contributed by atoms with Gasteiger partial charge in [0.25, 0.3) is 0 Å². The number of hydrogen-bond acceptors (Lipinski definition) is 7. The Balaban J connectivity index is 1.54. The summed E-state index contributed by atoms with van der Waals surface area (Å²) in [5.74, 6) is 1.10. The van der Waals surface area contributed by atoms with Crippen LogP contribution in [0.15, 0.2) is 54.0 Å². The number of ether oxygens (including phenoxy) is 1. The molecule has 1 aromatic carbocycles. The molecule has 8 heteroatoms. The molecule has 0 saturated heterocycles. The summed E-state index contributed by atoms with van der Waals surface area (Å²) in [5, 5.41) is 11.2. The number of fused-ring (bicyclic) bond motifs is 2. The topological polar surface area (TPSA) is 89.9 Å². The van der Waals surface area contributed by atoms with Gasteiger partial charge in [0.15, 0.2) is 0 Å². The van der Waals surface area contributed by atoms with Gasteiger partial charge < -0.3 is 10.1 Å². The number of amides is 1. The van der Waals surface area contributed by atoms with Gasteiger partial charge in [0.2, 0.25) is 22.8 Å². The molecular weight excluding hydrogens is 470 g/mol. The summed E-state index contributed by atoms with van der Waals surface area (Å²) in [4.78, 5) is 23.0. The molecule has 0 bridgehead atoms. The number of anilines is 1. The molecule has 0 spiro atoms. The van der Waals surface area contributed by atoms with Gasteiger partial charge in [0.05, 0.1) is 11.1 Å². The lowest BCUT2D eigenvalue weighted by Gasteiger charge is -2.37. The van der Waals surface area contributed by atoms with E-state index < -0.39 is 5.41 Å². The number of pyridine rings is 2. The quantitative estimate of drug-likeness (QED) is 0.330. The average Bonchev–Trinajstić information content (AvgIpc) is 3.35. The van der Waals surface area contributed by atoms with Crippen molar-refractivity contribution < 1.29 is 9.53 Å². The maximum atomic E-state index is 13.5. The standard InChI is InChI=1S/C28H29N5O2S/c1-16(2)14-18-7-9-19(10-8-18)22-13-12-21-23(28(4,5)26(34)32-27-33-29-15-36-27)20-11-6-17(3)30-24(20)35-25(21)31-22/h6-13,15-16,23H,14H2,1-5H3,(H,32,33,34)/t23-/m0/s1. The van der Waals surface area contributed by atoms with Crippen LogP contribution in [0.4, 0.5) is 5.13 Å². The Labute approximate surface area is 215 Å². The third-order valence-electron chi connectivity index (χ3n) is 6.52. The van der Waals surface area contributed by atoms with Gasteiger partial charge in [0.1, 0.15) is 5.51 Å². The van der Waals surface area contributed by atoms with E-state index >= 15 is 0 Å². The van der Waals surface area contributed by atoms with E-state index in [0.29, 0.717) is 22.8 Å². The van der Waals surface area contributed by atoms with Crippen LogP contribution >= 0.6 is 11.3 Å². The van der Waals surface area contributed by atoms with Crippen LogP contribution in [0.25, 0.3) is 11.3 Å². The SMILES string of the molecule is Cc1ccc2c(n1)Oc1nc(-c3ccc(CC(C)C)cc3)ccc1[C@H]2C(C)(C)C(=O)Nc1nncs1. The van der Waals surface area contributed by atoms with Gasteiger partial charge in [0, 0.05) is 28.3 Å². The molecule has 7 nitrogen and oxygen atoms in total. The molecule has 1 amide bonds. The summed E-state index contributed by atoms with van der Waals surface area (Å²) >= 11 is 1.29. The van der Waals surface area contributed by atoms with Crippen molar-refractivity contribution in [3.05, 3.63) is 76.4 Å². The Bertz CT molecular complexity index is 1400. The second-order valence-corrected chi connectivity index (χ2v) is 11.0. The van der Waals surface area contributed by atoms with Crippen molar-refractivity contribution in [3.8, 4) is 23.0 Å². The minimum absolute atomic E-state index is 0.159. The molecule has 0 unspecified atom stereocenters. The highest BCUT2D eigenvalue weighted by atomic mass is 32.1. The summed E-state index contributed by atoms with van der Waals surface area (Å²) < 4.78 is 6.23. The first kappa shape index (κ1) is 24.1. The molecule has 3 aromatic heterocycles. The van der Waals surface area contributed by atoms with E-state index in [1.165, 1.54) is 16.9 Å². The van der Waals surface area contributed by atoms with Crippen LogP contribution in [0.3, 0.4) is 0 Å². The van der Waals surface area contributed by atoms with Gasteiger partial charge in [-0.05, 0) is 37.0 Å². The van der Waals surface area contributed by atoms with Crippen molar-refractivity contribution in [2.75, 3.05) is 5.32 Å². The summed E-state index contributed by atoms with van der Waals surface area (Å²) in [5.41, 5.74) is 6.43. The van der Waals surface area contributed by atoms with Crippen molar-refractivity contribution in [1.82, 2.24) is 20.2 Å². The molecule has 184 valence electrons. The molecule has 0 aliphatic carbocycles. The molecule has 1 aliphatic heterocycles. The highest BCUT2D eigenvalue weighted by Crippen LogP contribution is 2.51. The molecule has 1 atom stereocenters. The molecule has 5 rings (SSSR count). The molecule has 0 fully saturated rings. The summed E-state index contributed by atoms with van der Waals surface area (Å²) in [6, 6.07) is 16.5.